The molecule has 1 N–H and O–H groups in total. The fourth-order valence-corrected chi connectivity index (χ4v) is 4.31. The molecule has 1 aliphatic rings. The van der Waals surface area contributed by atoms with Crippen molar-refractivity contribution in [3.05, 3.63) is 48.3 Å². The standard InChI is InChI=1S/C20H21FN4O2S/c1-23(20-22-19-14(21)5-4-8-17(19)28-20)13-18(27)25-11-9-24(10-12-25)15-6-2-3-7-16(15)26/h2-8,26H,9-13H2,1H3. The number of aromatic hydroxyl groups is 1. The summed E-state index contributed by atoms with van der Waals surface area (Å²) < 4.78 is 14.6. The number of benzene rings is 2. The molecule has 1 aliphatic heterocycles. The lowest BCUT2D eigenvalue weighted by molar-refractivity contribution is -0.129. The van der Waals surface area contributed by atoms with Gasteiger partial charge in [-0.25, -0.2) is 9.37 Å². The Labute approximate surface area is 166 Å². The Kier molecular flexibility index (Phi) is 5.04. The van der Waals surface area contributed by atoms with Gasteiger partial charge < -0.3 is 19.8 Å². The van der Waals surface area contributed by atoms with E-state index >= 15 is 0 Å². The summed E-state index contributed by atoms with van der Waals surface area (Å²) in [5, 5.41) is 10.6. The van der Waals surface area contributed by atoms with Crippen molar-refractivity contribution in [2.75, 3.05) is 49.6 Å². The molecule has 1 saturated heterocycles. The zero-order valence-corrected chi connectivity index (χ0v) is 16.3. The average molecular weight is 400 g/mol. The molecule has 3 aromatic rings. The summed E-state index contributed by atoms with van der Waals surface area (Å²) in [5.41, 5.74) is 1.14. The molecule has 1 fully saturated rings. The van der Waals surface area contributed by atoms with Gasteiger partial charge in [0.25, 0.3) is 0 Å². The van der Waals surface area contributed by atoms with E-state index in [9.17, 15) is 14.3 Å². The third-order valence-corrected chi connectivity index (χ3v) is 6.05. The molecule has 2 heterocycles. The van der Waals surface area contributed by atoms with Crippen LogP contribution in [0.2, 0.25) is 0 Å². The van der Waals surface area contributed by atoms with Gasteiger partial charge in [0, 0.05) is 33.2 Å². The van der Waals surface area contributed by atoms with Gasteiger partial charge in [-0.05, 0) is 24.3 Å². The van der Waals surface area contributed by atoms with E-state index in [0.29, 0.717) is 36.8 Å². The highest BCUT2D eigenvalue weighted by Crippen LogP contribution is 2.30. The monoisotopic (exact) mass is 400 g/mol. The summed E-state index contributed by atoms with van der Waals surface area (Å²) in [6.45, 7) is 2.71. The average Bonchev–Trinajstić information content (AvgIpc) is 3.14. The largest absolute Gasteiger partial charge is 0.506 e. The Morgan fingerprint density at radius 2 is 1.93 bits per heavy atom. The van der Waals surface area contributed by atoms with Crippen LogP contribution in [0.25, 0.3) is 10.2 Å². The van der Waals surface area contributed by atoms with Gasteiger partial charge in [-0.15, -0.1) is 0 Å². The second-order valence-electron chi connectivity index (χ2n) is 6.80. The van der Waals surface area contributed by atoms with Crippen LogP contribution in [0, 0.1) is 5.82 Å². The van der Waals surface area contributed by atoms with Crippen molar-refractivity contribution in [3.63, 3.8) is 0 Å². The Bertz CT molecular complexity index is 1000. The quantitative estimate of drug-likeness (QED) is 0.730. The Balaban J connectivity index is 1.37. The van der Waals surface area contributed by atoms with E-state index in [4.69, 9.17) is 0 Å². The number of phenolic OH excluding ortho intramolecular Hbond substituents is 1. The minimum atomic E-state index is -0.347. The second kappa shape index (κ2) is 7.63. The number of rotatable bonds is 4. The van der Waals surface area contributed by atoms with Crippen molar-refractivity contribution in [3.8, 4) is 5.75 Å². The lowest BCUT2D eigenvalue weighted by Crippen LogP contribution is -2.51. The molecule has 0 aliphatic carbocycles. The van der Waals surface area contributed by atoms with Crippen LogP contribution in [0.5, 0.6) is 5.75 Å². The molecule has 146 valence electrons. The van der Waals surface area contributed by atoms with Gasteiger partial charge in [-0.2, -0.15) is 0 Å². The van der Waals surface area contributed by atoms with Crippen molar-refractivity contribution >= 4 is 38.3 Å². The first-order valence-electron chi connectivity index (χ1n) is 9.10. The fourth-order valence-electron chi connectivity index (χ4n) is 3.37. The first-order valence-corrected chi connectivity index (χ1v) is 9.91. The van der Waals surface area contributed by atoms with Crippen LogP contribution in [0.3, 0.4) is 0 Å². The molecular weight excluding hydrogens is 379 g/mol. The second-order valence-corrected chi connectivity index (χ2v) is 7.80. The summed E-state index contributed by atoms with van der Waals surface area (Å²) in [5.74, 6) is -0.0794. The molecule has 0 atom stereocenters. The number of halogens is 1. The van der Waals surface area contributed by atoms with Gasteiger partial charge in [0.05, 0.1) is 16.9 Å². The molecule has 28 heavy (non-hydrogen) atoms. The highest BCUT2D eigenvalue weighted by molar-refractivity contribution is 7.22. The highest BCUT2D eigenvalue weighted by Gasteiger charge is 2.24. The number of amides is 1. The summed E-state index contributed by atoms with van der Waals surface area (Å²) >= 11 is 1.38. The van der Waals surface area contributed by atoms with Crippen LogP contribution < -0.4 is 9.80 Å². The number of carbonyl (C=O) groups excluding carboxylic acids is 1. The molecule has 0 unspecified atom stereocenters. The van der Waals surface area contributed by atoms with Gasteiger partial charge in [0.1, 0.15) is 17.1 Å². The van der Waals surface area contributed by atoms with Crippen LogP contribution in [-0.4, -0.2) is 60.7 Å². The lowest BCUT2D eigenvalue weighted by Gasteiger charge is -2.36. The van der Waals surface area contributed by atoms with E-state index in [1.54, 1.807) is 30.1 Å². The van der Waals surface area contributed by atoms with Gasteiger partial charge in [-0.1, -0.05) is 29.5 Å². The molecule has 1 amide bonds. The van der Waals surface area contributed by atoms with E-state index in [1.165, 1.54) is 17.4 Å². The fraction of sp³-hybridized carbons (Fsp3) is 0.300. The number of para-hydroxylation sites is 3. The van der Waals surface area contributed by atoms with Crippen LogP contribution in [0.1, 0.15) is 0 Å². The third-order valence-electron chi connectivity index (χ3n) is 4.91. The van der Waals surface area contributed by atoms with Crippen molar-refractivity contribution < 1.29 is 14.3 Å². The number of likely N-dealkylation sites (N-methyl/N-ethyl adjacent to an activating group) is 1. The van der Waals surface area contributed by atoms with Crippen LogP contribution >= 0.6 is 11.3 Å². The number of aromatic nitrogens is 1. The summed E-state index contributed by atoms with van der Waals surface area (Å²) in [6, 6.07) is 12.1. The van der Waals surface area contributed by atoms with Gasteiger partial charge in [0.2, 0.25) is 5.91 Å². The zero-order valence-electron chi connectivity index (χ0n) is 15.5. The smallest absolute Gasteiger partial charge is 0.242 e. The maximum atomic E-state index is 13.8. The Hall–Kier alpha value is -2.87. The van der Waals surface area contributed by atoms with E-state index in [0.717, 1.165) is 10.4 Å². The van der Waals surface area contributed by atoms with E-state index in [2.05, 4.69) is 9.88 Å². The Morgan fingerprint density at radius 1 is 1.18 bits per heavy atom. The molecule has 0 saturated carbocycles. The number of phenols is 1. The molecule has 4 rings (SSSR count). The molecule has 8 heteroatoms. The number of fused-ring (bicyclic) bond motifs is 1. The number of piperazine rings is 1. The van der Waals surface area contributed by atoms with Crippen molar-refractivity contribution in [2.24, 2.45) is 0 Å². The van der Waals surface area contributed by atoms with Crippen molar-refractivity contribution in [1.82, 2.24) is 9.88 Å². The summed E-state index contributed by atoms with van der Waals surface area (Å²) in [7, 11) is 1.80. The SMILES string of the molecule is CN(CC(=O)N1CCN(c2ccccc2O)CC1)c1nc2c(F)cccc2s1. The topological polar surface area (TPSA) is 59.9 Å². The maximum Gasteiger partial charge on any atom is 0.242 e. The highest BCUT2D eigenvalue weighted by atomic mass is 32.1. The summed E-state index contributed by atoms with van der Waals surface area (Å²) in [4.78, 5) is 22.7. The minimum Gasteiger partial charge on any atom is -0.506 e. The van der Waals surface area contributed by atoms with Crippen molar-refractivity contribution in [1.29, 1.82) is 0 Å². The molecule has 1 aromatic heterocycles. The number of hydrogen-bond donors (Lipinski definition) is 1. The Morgan fingerprint density at radius 3 is 2.64 bits per heavy atom. The minimum absolute atomic E-state index is 0.0131. The number of hydrogen-bond acceptors (Lipinski definition) is 6. The molecule has 0 spiro atoms. The molecule has 0 radical (unpaired) electrons. The number of thiazole rings is 1. The lowest BCUT2D eigenvalue weighted by atomic mass is 10.2. The first kappa shape index (κ1) is 18.5. The third kappa shape index (κ3) is 3.60. The molecule has 0 bridgehead atoms. The molecule has 2 aromatic carbocycles. The number of nitrogens with zero attached hydrogens (tertiary/aromatic N) is 4. The van der Waals surface area contributed by atoms with Gasteiger partial charge in [-0.3, -0.25) is 4.79 Å². The molecular formula is C20H21FN4O2S. The van der Waals surface area contributed by atoms with Gasteiger partial charge >= 0.3 is 0 Å². The van der Waals surface area contributed by atoms with Crippen LogP contribution in [-0.2, 0) is 4.79 Å². The summed E-state index contributed by atoms with van der Waals surface area (Å²) in [6.07, 6.45) is 0. The van der Waals surface area contributed by atoms with Crippen LogP contribution in [0.15, 0.2) is 42.5 Å². The number of anilines is 2. The van der Waals surface area contributed by atoms with E-state index < -0.39 is 0 Å². The zero-order chi connectivity index (χ0) is 19.7. The van der Waals surface area contributed by atoms with E-state index in [-0.39, 0.29) is 24.0 Å². The van der Waals surface area contributed by atoms with E-state index in [1.807, 2.05) is 23.1 Å². The number of carbonyl (C=O) groups is 1. The predicted molar refractivity (Wildman–Crippen MR) is 110 cm³/mol. The maximum absolute atomic E-state index is 13.8. The predicted octanol–water partition coefficient (Wildman–Crippen LogP) is 2.93. The van der Waals surface area contributed by atoms with Crippen LogP contribution in [0.4, 0.5) is 15.2 Å². The molecule has 6 nitrogen and oxygen atoms in total. The van der Waals surface area contributed by atoms with Gasteiger partial charge in [0.15, 0.2) is 5.13 Å². The van der Waals surface area contributed by atoms with Crippen molar-refractivity contribution in [2.45, 2.75) is 0 Å². The normalized spacial score (nSPS) is 14.5. The first-order chi connectivity index (χ1) is 13.5.